The predicted molar refractivity (Wildman–Crippen MR) is 96.2 cm³/mol. The topological polar surface area (TPSA) is 48.5 Å². The first kappa shape index (κ1) is 16.3. The minimum absolute atomic E-state index is 0.00986. The molecule has 1 aromatic heterocycles. The maximum atomic E-state index is 12.4. The van der Waals surface area contributed by atoms with Crippen LogP contribution in [0.25, 0.3) is 0 Å². The highest BCUT2D eigenvalue weighted by molar-refractivity contribution is 5.74. The number of piperazine rings is 1. The van der Waals surface area contributed by atoms with Gasteiger partial charge in [0.25, 0.3) is 0 Å². The van der Waals surface area contributed by atoms with Crippen molar-refractivity contribution in [3.05, 3.63) is 59.3 Å². The molecule has 3 rings (SSSR count). The van der Waals surface area contributed by atoms with Gasteiger partial charge < -0.3 is 15.1 Å². The van der Waals surface area contributed by atoms with Crippen molar-refractivity contribution in [3.63, 3.8) is 0 Å². The third-order valence-corrected chi connectivity index (χ3v) is 4.47. The molecule has 2 heterocycles. The molecule has 1 aliphatic rings. The highest BCUT2D eigenvalue weighted by atomic mass is 16.2. The van der Waals surface area contributed by atoms with Crippen LogP contribution in [-0.4, -0.2) is 42.1 Å². The molecule has 1 N–H and O–H groups in total. The van der Waals surface area contributed by atoms with E-state index >= 15 is 0 Å². The zero-order valence-corrected chi connectivity index (χ0v) is 14.3. The van der Waals surface area contributed by atoms with Crippen LogP contribution in [0.3, 0.4) is 0 Å². The smallest absolute Gasteiger partial charge is 0.317 e. The molecule has 24 heavy (non-hydrogen) atoms. The van der Waals surface area contributed by atoms with Gasteiger partial charge in [0.2, 0.25) is 0 Å². The molecule has 0 bridgehead atoms. The first-order valence-electron chi connectivity index (χ1n) is 8.38. The van der Waals surface area contributed by atoms with Gasteiger partial charge in [0, 0.05) is 38.9 Å². The fourth-order valence-electron chi connectivity index (χ4n) is 3.01. The van der Waals surface area contributed by atoms with Crippen molar-refractivity contribution in [2.75, 3.05) is 31.1 Å². The van der Waals surface area contributed by atoms with Crippen molar-refractivity contribution in [2.45, 2.75) is 20.4 Å². The normalized spacial score (nSPS) is 14.6. The molecule has 0 radical (unpaired) electrons. The fraction of sp³-hybridized carbons (Fsp3) is 0.368. The van der Waals surface area contributed by atoms with E-state index in [1.807, 2.05) is 23.1 Å². The lowest BCUT2D eigenvalue weighted by Gasteiger charge is -2.35. The molecule has 5 nitrogen and oxygen atoms in total. The van der Waals surface area contributed by atoms with Gasteiger partial charge in [-0.15, -0.1) is 0 Å². The lowest BCUT2D eigenvalue weighted by molar-refractivity contribution is 0.194. The minimum Gasteiger partial charge on any atom is -0.353 e. The van der Waals surface area contributed by atoms with Crippen LogP contribution >= 0.6 is 0 Å². The Morgan fingerprint density at radius 1 is 1.12 bits per heavy atom. The Morgan fingerprint density at radius 3 is 2.58 bits per heavy atom. The summed E-state index contributed by atoms with van der Waals surface area (Å²) in [5.74, 6) is 0.979. The first-order valence-corrected chi connectivity index (χ1v) is 8.38. The number of pyridine rings is 1. The maximum Gasteiger partial charge on any atom is 0.317 e. The number of urea groups is 1. The molecule has 1 aromatic carbocycles. The lowest BCUT2D eigenvalue weighted by atomic mass is 10.1. The van der Waals surface area contributed by atoms with E-state index in [0.717, 1.165) is 32.0 Å². The summed E-state index contributed by atoms with van der Waals surface area (Å²) < 4.78 is 0. The Balaban J connectivity index is 1.50. The van der Waals surface area contributed by atoms with Crippen molar-refractivity contribution in [1.82, 2.24) is 15.2 Å². The zero-order valence-electron chi connectivity index (χ0n) is 14.3. The number of rotatable bonds is 3. The number of nitrogens with one attached hydrogen (secondary N) is 1. The van der Waals surface area contributed by atoms with Gasteiger partial charge in [-0.2, -0.15) is 0 Å². The largest absolute Gasteiger partial charge is 0.353 e. The van der Waals surface area contributed by atoms with E-state index in [1.165, 1.54) is 16.7 Å². The summed E-state index contributed by atoms with van der Waals surface area (Å²) in [4.78, 5) is 20.8. The van der Waals surface area contributed by atoms with Gasteiger partial charge in [0.1, 0.15) is 5.82 Å². The Morgan fingerprint density at radius 2 is 1.92 bits per heavy atom. The number of carbonyl (C=O) groups excluding carboxylic acids is 1. The minimum atomic E-state index is 0.00986. The van der Waals surface area contributed by atoms with Crippen LogP contribution in [0.2, 0.25) is 0 Å². The van der Waals surface area contributed by atoms with Gasteiger partial charge in [-0.1, -0.05) is 29.8 Å². The zero-order chi connectivity index (χ0) is 16.9. The summed E-state index contributed by atoms with van der Waals surface area (Å²) in [6.07, 6.45) is 1.80. The Bertz CT molecular complexity index is 694. The second-order valence-corrected chi connectivity index (χ2v) is 6.25. The molecule has 1 aliphatic heterocycles. The van der Waals surface area contributed by atoms with E-state index in [2.05, 4.69) is 47.2 Å². The van der Waals surface area contributed by atoms with Crippen LogP contribution in [-0.2, 0) is 6.54 Å². The summed E-state index contributed by atoms with van der Waals surface area (Å²) in [6, 6.07) is 12.2. The van der Waals surface area contributed by atoms with E-state index < -0.39 is 0 Å². The highest BCUT2D eigenvalue weighted by Gasteiger charge is 2.21. The second kappa shape index (κ2) is 7.34. The molecular formula is C19H24N4O. The number of aryl methyl sites for hydroxylation is 2. The van der Waals surface area contributed by atoms with Gasteiger partial charge in [-0.05, 0) is 37.1 Å². The number of hydrogen-bond acceptors (Lipinski definition) is 3. The third-order valence-electron chi connectivity index (χ3n) is 4.47. The quantitative estimate of drug-likeness (QED) is 0.944. The predicted octanol–water partition coefficient (Wildman–Crippen LogP) is 2.73. The molecule has 126 valence electrons. The van der Waals surface area contributed by atoms with Crippen molar-refractivity contribution >= 4 is 11.8 Å². The Kier molecular flexibility index (Phi) is 4.99. The SMILES string of the molecule is Cc1ccc(CNC(=O)N2CCN(c3ccccn3)CC2)c(C)c1. The first-order chi connectivity index (χ1) is 11.6. The average molecular weight is 324 g/mol. The van der Waals surface area contributed by atoms with Crippen LogP contribution in [0, 0.1) is 13.8 Å². The van der Waals surface area contributed by atoms with Crippen molar-refractivity contribution in [3.8, 4) is 0 Å². The summed E-state index contributed by atoms with van der Waals surface area (Å²) in [5, 5.41) is 3.04. The van der Waals surface area contributed by atoms with Crippen LogP contribution in [0.1, 0.15) is 16.7 Å². The molecule has 2 aromatic rings. The number of anilines is 1. The molecule has 2 amide bonds. The molecule has 1 saturated heterocycles. The maximum absolute atomic E-state index is 12.4. The second-order valence-electron chi connectivity index (χ2n) is 6.25. The molecule has 0 spiro atoms. The number of aromatic nitrogens is 1. The summed E-state index contributed by atoms with van der Waals surface area (Å²) in [7, 11) is 0. The summed E-state index contributed by atoms with van der Waals surface area (Å²) in [6.45, 7) is 7.80. The molecular weight excluding hydrogens is 300 g/mol. The van der Waals surface area contributed by atoms with Crippen molar-refractivity contribution in [1.29, 1.82) is 0 Å². The van der Waals surface area contributed by atoms with Crippen molar-refractivity contribution in [2.24, 2.45) is 0 Å². The standard InChI is InChI=1S/C19H24N4O/c1-15-6-7-17(16(2)13-15)14-21-19(24)23-11-9-22(10-12-23)18-5-3-4-8-20-18/h3-8,13H,9-12,14H2,1-2H3,(H,21,24). The van der Waals surface area contributed by atoms with Crippen LogP contribution in [0.5, 0.6) is 0 Å². The molecule has 0 saturated carbocycles. The van der Waals surface area contributed by atoms with Gasteiger partial charge in [-0.3, -0.25) is 0 Å². The average Bonchev–Trinajstić information content (AvgIpc) is 2.62. The number of benzene rings is 1. The monoisotopic (exact) mass is 324 g/mol. The van der Waals surface area contributed by atoms with E-state index in [9.17, 15) is 4.79 Å². The van der Waals surface area contributed by atoms with Crippen molar-refractivity contribution < 1.29 is 4.79 Å². The number of amides is 2. The van der Waals surface area contributed by atoms with Gasteiger partial charge in [0.15, 0.2) is 0 Å². The van der Waals surface area contributed by atoms with E-state index in [0.29, 0.717) is 6.54 Å². The van der Waals surface area contributed by atoms with Gasteiger partial charge >= 0.3 is 6.03 Å². The Hall–Kier alpha value is -2.56. The fourth-order valence-corrected chi connectivity index (χ4v) is 3.01. The van der Waals surface area contributed by atoms with Gasteiger partial charge in [0.05, 0.1) is 0 Å². The third kappa shape index (κ3) is 3.85. The molecule has 0 unspecified atom stereocenters. The van der Waals surface area contributed by atoms with Crippen LogP contribution < -0.4 is 10.2 Å². The van der Waals surface area contributed by atoms with E-state index in [-0.39, 0.29) is 6.03 Å². The van der Waals surface area contributed by atoms with E-state index in [1.54, 1.807) is 6.20 Å². The lowest BCUT2D eigenvalue weighted by Crippen LogP contribution is -2.51. The van der Waals surface area contributed by atoms with Gasteiger partial charge in [-0.25, -0.2) is 9.78 Å². The molecule has 0 atom stereocenters. The number of carbonyl (C=O) groups is 1. The van der Waals surface area contributed by atoms with Crippen LogP contribution in [0.15, 0.2) is 42.6 Å². The molecule has 1 fully saturated rings. The van der Waals surface area contributed by atoms with E-state index in [4.69, 9.17) is 0 Å². The highest BCUT2D eigenvalue weighted by Crippen LogP contribution is 2.13. The molecule has 0 aliphatic carbocycles. The van der Waals surface area contributed by atoms with Crippen LogP contribution in [0.4, 0.5) is 10.6 Å². The number of nitrogens with zero attached hydrogens (tertiary/aromatic N) is 3. The Labute approximate surface area is 143 Å². The molecule has 5 heteroatoms. The number of hydrogen-bond donors (Lipinski definition) is 1. The summed E-state index contributed by atoms with van der Waals surface area (Å²) >= 11 is 0. The summed E-state index contributed by atoms with van der Waals surface area (Å²) in [5.41, 5.74) is 3.63.